The largest absolute Gasteiger partial charge is 0.512 e. The molecule has 0 aliphatic heterocycles. The first-order valence-electron chi connectivity index (χ1n) is 18.9. The Morgan fingerprint density at radius 2 is 1.55 bits per heavy atom. The Morgan fingerprint density at radius 3 is 2.15 bits per heavy atom. The van der Waals surface area contributed by atoms with E-state index in [1.807, 2.05) is 71.9 Å². The Bertz CT molecular complexity index is 2280. The molecule has 9 heteroatoms. The quantitative estimate of drug-likeness (QED) is 0.0844. The number of allylic oxidation sites excluding steroid dienone is 2. The van der Waals surface area contributed by atoms with Gasteiger partial charge in [0.25, 0.3) is 0 Å². The van der Waals surface area contributed by atoms with E-state index in [9.17, 15) is 23.1 Å². The number of hydrogen-bond acceptors (Lipinski definition) is 5. The number of nitrogens with zero attached hydrogens (tertiary/aromatic N) is 1. The van der Waals surface area contributed by atoms with E-state index in [2.05, 4.69) is 31.8 Å². The van der Waals surface area contributed by atoms with E-state index in [1.165, 1.54) is 12.1 Å². The van der Waals surface area contributed by atoms with Crippen molar-refractivity contribution in [3.8, 4) is 22.6 Å². The van der Waals surface area contributed by atoms with Gasteiger partial charge in [0.15, 0.2) is 5.78 Å². The van der Waals surface area contributed by atoms with Gasteiger partial charge in [0.2, 0.25) is 0 Å². The number of carbonyl (C=O) groups excluding carboxylic acids is 1. The van der Waals surface area contributed by atoms with Crippen LogP contribution in [-0.2, 0) is 37.5 Å². The minimum Gasteiger partial charge on any atom is -0.512 e. The fourth-order valence-electron chi connectivity index (χ4n) is 7.18. The number of hydrogen-bond donors (Lipinski definition) is 1. The molecule has 6 rings (SSSR count). The molecule has 0 saturated carbocycles. The molecule has 0 aliphatic rings. The van der Waals surface area contributed by atoms with Gasteiger partial charge in [-0.15, -0.1) is 46.2 Å². The topological polar surface area (TPSA) is 63.3 Å². The molecular formula is C46H51F3IrNO3S-. The second-order valence-corrected chi connectivity index (χ2v) is 16.5. The Balaban J connectivity index is 0.000000360. The summed E-state index contributed by atoms with van der Waals surface area (Å²) >= 11 is 1.13. The summed E-state index contributed by atoms with van der Waals surface area (Å²) < 4.78 is 51.3. The zero-order valence-electron chi connectivity index (χ0n) is 33.1. The molecule has 3 heterocycles. The number of pyridine rings is 1. The van der Waals surface area contributed by atoms with Crippen LogP contribution >= 0.6 is 11.3 Å². The number of rotatable bonds is 10. The number of thiophene rings is 1. The Morgan fingerprint density at radius 1 is 0.891 bits per heavy atom. The third kappa shape index (κ3) is 10.2. The summed E-state index contributed by atoms with van der Waals surface area (Å²) in [6, 6.07) is 20.0. The predicted molar refractivity (Wildman–Crippen MR) is 218 cm³/mol. The predicted octanol–water partition coefficient (Wildman–Crippen LogP) is 14.4. The standard InChI is InChI=1S/C33H27F3NOS.C13H24O2.Ir/c1-18-12-19(2)14-22(13-18)29-31-24(10-11-37-29)23-8-9-25(28(30(23)39-31)33(34,35)36)27-16-21-7-6-20(15-26(21)38-27)17-32(3,4)5;1-5-10(6-2)12(14)9-13(15)11(7-3)8-4;/h6-13,15-16H,17H2,1-5H3;9-11,14H,5-8H2,1-4H3;/q-1;;/b;12-9-;. The second-order valence-electron chi connectivity index (χ2n) is 15.5. The number of aliphatic hydroxyl groups excluding tert-OH is 1. The van der Waals surface area contributed by atoms with Crippen molar-refractivity contribution in [2.24, 2.45) is 17.3 Å². The maximum absolute atomic E-state index is 14.8. The number of ketones is 1. The number of fused-ring (bicyclic) bond motifs is 4. The molecule has 3 aromatic heterocycles. The van der Waals surface area contributed by atoms with Crippen molar-refractivity contribution in [1.82, 2.24) is 4.98 Å². The molecule has 0 spiro atoms. The minimum absolute atomic E-state index is 0. The first kappa shape index (κ1) is 43.9. The van der Waals surface area contributed by atoms with Gasteiger partial charge < -0.3 is 14.5 Å². The van der Waals surface area contributed by atoms with Crippen LogP contribution in [0.15, 0.2) is 77.0 Å². The summed E-state index contributed by atoms with van der Waals surface area (Å²) in [6.45, 7) is 18.5. The van der Waals surface area contributed by atoms with Crippen LogP contribution in [-0.4, -0.2) is 15.9 Å². The Kier molecular flexibility index (Phi) is 14.4. The van der Waals surface area contributed by atoms with E-state index < -0.39 is 11.7 Å². The monoisotopic (exact) mass is 947 g/mol. The maximum Gasteiger partial charge on any atom is 0.418 e. The van der Waals surface area contributed by atoms with Crippen molar-refractivity contribution in [3.63, 3.8) is 0 Å². The number of aryl methyl sites for hydroxylation is 2. The number of aromatic nitrogens is 1. The van der Waals surface area contributed by atoms with Crippen LogP contribution in [0, 0.1) is 37.2 Å². The maximum atomic E-state index is 14.8. The number of carbonyl (C=O) groups is 1. The van der Waals surface area contributed by atoms with Crippen molar-refractivity contribution in [2.45, 2.75) is 101 Å². The summed E-state index contributed by atoms with van der Waals surface area (Å²) in [6.07, 6.45) is 2.83. The van der Waals surface area contributed by atoms with Gasteiger partial charge in [-0.05, 0) is 72.7 Å². The second kappa shape index (κ2) is 18.0. The van der Waals surface area contributed by atoms with Crippen molar-refractivity contribution in [3.05, 3.63) is 101 Å². The fourth-order valence-corrected chi connectivity index (χ4v) is 8.55. The number of aliphatic hydroxyl groups is 1. The molecule has 0 fully saturated rings. The summed E-state index contributed by atoms with van der Waals surface area (Å²) in [4.78, 5) is 16.3. The van der Waals surface area contributed by atoms with Crippen LogP contribution in [0.1, 0.15) is 96.4 Å². The normalized spacial score (nSPS) is 12.4. The van der Waals surface area contributed by atoms with Gasteiger partial charge in [0.05, 0.1) is 11.3 Å². The van der Waals surface area contributed by atoms with Crippen molar-refractivity contribution < 1.29 is 47.6 Å². The molecule has 0 aliphatic carbocycles. The van der Waals surface area contributed by atoms with E-state index in [-0.39, 0.29) is 64.9 Å². The summed E-state index contributed by atoms with van der Waals surface area (Å²) in [5, 5.41) is 11.9. The number of benzene rings is 3. The Hall–Kier alpha value is -3.78. The number of alkyl halides is 3. The summed E-state index contributed by atoms with van der Waals surface area (Å²) in [5.41, 5.74) is 4.57. The van der Waals surface area contributed by atoms with Gasteiger partial charge in [-0.2, -0.15) is 13.2 Å². The SMILES string of the molecule is CCC(CC)C(=O)/C=C(\O)C(CC)CC.Cc1[c-]c(-c2nccc3c2sc2c(C(F)(F)F)c(-c4cc5ccc(CC(C)(C)C)cc5o4)ccc23)cc(C)c1.[Ir]. The number of furan rings is 1. The first-order chi connectivity index (χ1) is 25.5. The van der Waals surface area contributed by atoms with Gasteiger partial charge in [-0.25, -0.2) is 0 Å². The van der Waals surface area contributed by atoms with Gasteiger partial charge in [-0.3, -0.25) is 4.79 Å². The molecule has 6 aromatic rings. The molecule has 0 saturated heterocycles. The number of halogens is 3. The summed E-state index contributed by atoms with van der Waals surface area (Å²) in [7, 11) is 0. The zero-order chi connectivity index (χ0) is 39.5. The van der Waals surface area contributed by atoms with Crippen molar-refractivity contribution in [1.29, 1.82) is 0 Å². The average molecular weight is 947 g/mol. The molecule has 4 nitrogen and oxygen atoms in total. The van der Waals surface area contributed by atoms with E-state index in [1.54, 1.807) is 24.4 Å². The minimum atomic E-state index is -4.58. The van der Waals surface area contributed by atoms with Crippen LogP contribution in [0.5, 0.6) is 0 Å². The average Bonchev–Trinajstić information content (AvgIpc) is 3.69. The summed E-state index contributed by atoms with van der Waals surface area (Å²) in [5.74, 6) is 0.761. The molecular weight excluding hydrogens is 896 g/mol. The smallest absolute Gasteiger partial charge is 0.418 e. The van der Waals surface area contributed by atoms with Crippen LogP contribution in [0.25, 0.3) is 53.7 Å². The van der Waals surface area contributed by atoms with Crippen LogP contribution in [0.4, 0.5) is 13.2 Å². The van der Waals surface area contributed by atoms with Gasteiger partial charge in [0.1, 0.15) is 11.3 Å². The molecule has 1 radical (unpaired) electrons. The molecule has 0 unspecified atom stereocenters. The molecule has 0 amide bonds. The van der Waals surface area contributed by atoms with E-state index in [0.29, 0.717) is 21.4 Å². The van der Waals surface area contributed by atoms with Gasteiger partial charge >= 0.3 is 6.18 Å². The van der Waals surface area contributed by atoms with Crippen molar-refractivity contribution >= 4 is 48.3 Å². The molecule has 1 N–H and O–H groups in total. The van der Waals surface area contributed by atoms with Crippen LogP contribution in [0.3, 0.4) is 0 Å². The fraction of sp³-hybridized carbons (Fsp3) is 0.391. The Labute approximate surface area is 340 Å². The third-order valence-electron chi connectivity index (χ3n) is 9.91. The molecule has 295 valence electrons. The van der Waals surface area contributed by atoms with Crippen LogP contribution in [0.2, 0.25) is 0 Å². The molecule has 55 heavy (non-hydrogen) atoms. The van der Waals surface area contributed by atoms with Crippen LogP contribution < -0.4 is 0 Å². The van der Waals surface area contributed by atoms with Gasteiger partial charge in [0, 0.05) is 75.6 Å². The van der Waals surface area contributed by atoms with Crippen molar-refractivity contribution in [2.75, 3.05) is 0 Å². The molecule has 0 bridgehead atoms. The third-order valence-corrected chi connectivity index (χ3v) is 11.2. The van der Waals surface area contributed by atoms with E-state index in [4.69, 9.17) is 4.42 Å². The first-order valence-corrected chi connectivity index (χ1v) is 19.7. The zero-order valence-corrected chi connectivity index (χ0v) is 36.3. The van der Waals surface area contributed by atoms with E-state index in [0.717, 1.165) is 76.5 Å². The molecule has 0 atom stereocenters. The molecule has 3 aromatic carbocycles. The van der Waals surface area contributed by atoms with Gasteiger partial charge in [-0.1, -0.05) is 80.5 Å². The van der Waals surface area contributed by atoms with E-state index >= 15 is 0 Å².